The highest BCUT2D eigenvalue weighted by molar-refractivity contribution is 8.02. The summed E-state index contributed by atoms with van der Waals surface area (Å²) in [6.45, 7) is 3.50. The van der Waals surface area contributed by atoms with Crippen LogP contribution < -0.4 is 0 Å². The summed E-state index contributed by atoms with van der Waals surface area (Å²) >= 11 is 5.21. The van der Waals surface area contributed by atoms with E-state index in [1.54, 1.807) is 26.0 Å². The Labute approximate surface area is 108 Å². The Morgan fingerprint density at radius 1 is 1.35 bits per heavy atom. The largest absolute Gasteiger partial charge is 0.453 e. The number of thiocarbonyl (C=S) groups is 1. The first-order valence-corrected chi connectivity index (χ1v) is 5.69. The Kier molecular flexibility index (Phi) is 5.30. The van der Waals surface area contributed by atoms with Crippen LogP contribution in [0, 0.1) is 10.7 Å². The van der Waals surface area contributed by atoms with Gasteiger partial charge in [-0.15, -0.1) is 5.10 Å². The van der Waals surface area contributed by atoms with Gasteiger partial charge in [0.25, 0.3) is 0 Å². The van der Waals surface area contributed by atoms with Crippen LogP contribution in [0.5, 0.6) is 0 Å². The lowest BCUT2D eigenvalue weighted by Crippen LogP contribution is -1.92. The highest BCUT2D eigenvalue weighted by atomic mass is 32.2. The summed E-state index contributed by atoms with van der Waals surface area (Å²) in [5.74, 6) is 1.16. The quantitative estimate of drug-likeness (QED) is 0.275. The molecule has 0 spiro atoms. The molecule has 0 fully saturated rings. The molecule has 0 saturated carbocycles. The van der Waals surface area contributed by atoms with Gasteiger partial charge in [0.1, 0.15) is 11.5 Å². The van der Waals surface area contributed by atoms with E-state index in [0.29, 0.717) is 22.9 Å². The molecule has 0 radical (unpaired) electrons. The predicted molar refractivity (Wildman–Crippen MR) is 71.4 cm³/mol. The number of nitrogens with zero attached hydrogens (tertiary/aromatic N) is 4. The van der Waals surface area contributed by atoms with Crippen molar-refractivity contribution in [1.82, 2.24) is 0 Å². The van der Waals surface area contributed by atoms with Gasteiger partial charge in [0.05, 0.1) is 22.8 Å². The second-order valence-electron chi connectivity index (χ2n) is 2.90. The normalized spacial score (nSPS) is 11.8. The van der Waals surface area contributed by atoms with Gasteiger partial charge < -0.3 is 4.42 Å². The van der Waals surface area contributed by atoms with Crippen molar-refractivity contribution in [2.24, 2.45) is 14.6 Å². The second kappa shape index (κ2) is 6.76. The minimum atomic E-state index is 0.575. The minimum Gasteiger partial charge on any atom is -0.453 e. The van der Waals surface area contributed by atoms with E-state index in [2.05, 4.69) is 32.0 Å². The van der Waals surface area contributed by atoms with Crippen LogP contribution in [0.4, 0.5) is 0 Å². The lowest BCUT2D eigenvalue weighted by atomic mass is 10.3. The zero-order valence-corrected chi connectivity index (χ0v) is 10.8. The molecule has 0 N–H and O–H groups in total. The molecule has 5 nitrogen and oxygen atoms in total. The number of furan rings is 1. The van der Waals surface area contributed by atoms with Crippen LogP contribution in [0.25, 0.3) is 0 Å². The van der Waals surface area contributed by atoms with Crippen LogP contribution in [0.15, 0.2) is 31.2 Å². The second-order valence-corrected chi connectivity index (χ2v) is 3.63. The summed E-state index contributed by atoms with van der Waals surface area (Å²) in [6.07, 6.45) is 0. The fourth-order valence-electron chi connectivity index (χ4n) is 1.01. The average molecular weight is 264 g/mol. The van der Waals surface area contributed by atoms with Crippen molar-refractivity contribution < 1.29 is 4.42 Å². The molecule has 0 aliphatic carbocycles. The molecule has 0 aromatic carbocycles. The molecule has 1 heterocycles. The van der Waals surface area contributed by atoms with E-state index in [-0.39, 0.29) is 0 Å². The third kappa shape index (κ3) is 3.96. The van der Waals surface area contributed by atoms with E-state index < -0.39 is 0 Å². The fraction of sp³-hybridized carbons (Fsp3) is 0.200. The molecular formula is C10H8N4OS2. The van der Waals surface area contributed by atoms with E-state index in [1.807, 2.05) is 5.40 Å². The van der Waals surface area contributed by atoms with Crippen LogP contribution in [0.1, 0.15) is 25.4 Å². The monoisotopic (exact) mass is 264 g/mol. The SMILES string of the molecule is C/C(=N\N=C=S)c1ccc(/C(C)=N/SC#N)o1. The topological polar surface area (TPSA) is 74.0 Å². The zero-order chi connectivity index (χ0) is 12.7. The zero-order valence-electron chi connectivity index (χ0n) is 9.17. The molecule has 1 aromatic heterocycles. The Bertz CT molecular complexity index is 547. The molecule has 0 aliphatic heterocycles. The Hall–Kier alpha value is -1.74. The number of nitriles is 1. The Morgan fingerprint density at radius 3 is 2.59 bits per heavy atom. The molecule has 1 rings (SSSR count). The Morgan fingerprint density at radius 2 is 2.00 bits per heavy atom. The van der Waals surface area contributed by atoms with Gasteiger partial charge in [-0.1, -0.05) is 5.10 Å². The van der Waals surface area contributed by atoms with Gasteiger partial charge in [-0.05, 0) is 38.2 Å². The maximum absolute atomic E-state index is 8.38. The number of hydrogen-bond acceptors (Lipinski definition) is 7. The van der Waals surface area contributed by atoms with Gasteiger partial charge >= 0.3 is 0 Å². The predicted octanol–water partition coefficient (Wildman–Crippen LogP) is 3.04. The lowest BCUT2D eigenvalue weighted by molar-refractivity contribution is 0.547. The molecule has 0 saturated heterocycles. The molecule has 0 atom stereocenters. The highest BCUT2D eigenvalue weighted by Gasteiger charge is 2.07. The lowest BCUT2D eigenvalue weighted by Gasteiger charge is -1.94. The third-order valence-electron chi connectivity index (χ3n) is 1.78. The summed E-state index contributed by atoms with van der Waals surface area (Å²) in [5, 5.41) is 19.6. The molecule has 1 aromatic rings. The maximum Gasteiger partial charge on any atom is 0.157 e. The number of isothiocyanates is 1. The van der Waals surface area contributed by atoms with E-state index >= 15 is 0 Å². The molecule has 0 aliphatic rings. The molecule has 86 valence electrons. The van der Waals surface area contributed by atoms with Gasteiger partial charge in [-0.3, -0.25) is 0 Å². The van der Waals surface area contributed by atoms with Crippen molar-refractivity contribution in [3.63, 3.8) is 0 Å². The number of thiocyanates is 1. The standard InChI is InChI=1S/C10H8N4OS2/c1-7(13-12-6-16)9-3-4-10(15-9)8(2)14-17-5-11/h3-4H,1-2H3/b13-7+,14-8+. The summed E-state index contributed by atoms with van der Waals surface area (Å²) in [6, 6.07) is 3.51. The Balaban J connectivity index is 2.93. The van der Waals surface area contributed by atoms with E-state index in [0.717, 1.165) is 11.9 Å². The fourth-order valence-corrected chi connectivity index (χ4v) is 1.31. The van der Waals surface area contributed by atoms with Gasteiger partial charge in [-0.2, -0.15) is 5.26 Å². The average Bonchev–Trinajstić information content (AvgIpc) is 2.82. The summed E-state index contributed by atoms with van der Waals surface area (Å²) < 4.78 is 9.43. The van der Waals surface area contributed by atoms with Crippen LogP contribution in [-0.2, 0) is 0 Å². The van der Waals surface area contributed by atoms with Crippen LogP contribution in [-0.4, -0.2) is 16.6 Å². The molecule has 0 bridgehead atoms. The van der Waals surface area contributed by atoms with Crippen molar-refractivity contribution in [2.45, 2.75) is 13.8 Å². The summed E-state index contributed by atoms with van der Waals surface area (Å²) in [7, 11) is 0. The highest BCUT2D eigenvalue weighted by Crippen LogP contribution is 2.12. The van der Waals surface area contributed by atoms with Gasteiger partial charge in [0.15, 0.2) is 11.2 Å². The summed E-state index contributed by atoms with van der Waals surface area (Å²) in [4.78, 5) is 0. The number of rotatable bonds is 4. The number of hydrogen-bond donors (Lipinski definition) is 0. The van der Waals surface area contributed by atoms with Crippen molar-refractivity contribution in [2.75, 3.05) is 0 Å². The smallest absolute Gasteiger partial charge is 0.157 e. The molecular weight excluding hydrogens is 256 g/mol. The first-order valence-electron chi connectivity index (χ1n) is 4.50. The molecule has 0 amide bonds. The van der Waals surface area contributed by atoms with E-state index in [9.17, 15) is 0 Å². The van der Waals surface area contributed by atoms with Crippen molar-refractivity contribution in [3.05, 3.63) is 23.7 Å². The molecule has 0 unspecified atom stereocenters. The molecule has 17 heavy (non-hydrogen) atoms. The molecule has 7 heteroatoms. The minimum absolute atomic E-state index is 0.575. The first kappa shape index (κ1) is 13.3. The first-order chi connectivity index (χ1) is 8.19. The summed E-state index contributed by atoms with van der Waals surface area (Å²) in [5.41, 5.74) is 1.23. The van der Waals surface area contributed by atoms with Gasteiger partial charge in [-0.25, -0.2) is 4.40 Å². The van der Waals surface area contributed by atoms with E-state index in [4.69, 9.17) is 9.68 Å². The van der Waals surface area contributed by atoms with Crippen LogP contribution in [0.3, 0.4) is 0 Å². The maximum atomic E-state index is 8.38. The van der Waals surface area contributed by atoms with E-state index in [1.165, 1.54) is 0 Å². The van der Waals surface area contributed by atoms with Crippen molar-refractivity contribution in [1.29, 1.82) is 5.26 Å². The van der Waals surface area contributed by atoms with Crippen LogP contribution in [0.2, 0.25) is 0 Å². The third-order valence-corrected chi connectivity index (χ3v) is 2.31. The van der Waals surface area contributed by atoms with Crippen molar-refractivity contribution in [3.8, 4) is 5.40 Å². The van der Waals surface area contributed by atoms with Crippen LogP contribution >= 0.6 is 24.2 Å². The van der Waals surface area contributed by atoms with Gasteiger partial charge in [0.2, 0.25) is 0 Å². The van der Waals surface area contributed by atoms with Crippen molar-refractivity contribution >= 4 is 40.8 Å². The van der Waals surface area contributed by atoms with Gasteiger partial charge in [0, 0.05) is 0 Å².